The summed E-state index contributed by atoms with van der Waals surface area (Å²) in [4.78, 5) is 24.8. The minimum Gasteiger partial charge on any atom is -0.481 e. The number of aromatic carboxylic acids is 1. The summed E-state index contributed by atoms with van der Waals surface area (Å²) < 4.78 is 5.61. The number of carboxylic acid groups (broad SMARTS) is 1. The summed E-state index contributed by atoms with van der Waals surface area (Å²) in [5.41, 5.74) is 1.55. The maximum absolute atomic E-state index is 12.4. The van der Waals surface area contributed by atoms with E-state index in [0.717, 1.165) is 5.56 Å². The molecule has 128 valence electrons. The second-order valence-corrected chi connectivity index (χ2v) is 5.59. The summed E-state index contributed by atoms with van der Waals surface area (Å²) in [6.45, 7) is 2.00. The van der Waals surface area contributed by atoms with E-state index in [1.165, 1.54) is 17.0 Å². The Balaban J connectivity index is 1.95. The van der Waals surface area contributed by atoms with Gasteiger partial charge in [0.25, 0.3) is 5.91 Å². The quantitative estimate of drug-likeness (QED) is 0.874. The van der Waals surface area contributed by atoms with Gasteiger partial charge in [0.1, 0.15) is 5.75 Å². The third-order valence-electron chi connectivity index (χ3n) is 3.64. The van der Waals surface area contributed by atoms with Crippen LogP contribution in [0.4, 0.5) is 0 Å². The maximum atomic E-state index is 12.4. The SMILES string of the molecule is C[C@H](Oc1ccc(C#N)cc1)C(=O)N(C)Cc1ccc(C(=O)O)cc1. The molecule has 0 saturated heterocycles. The van der Waals surface area contributed by atoms with Gasteiger partial charge in [0.2, 0.25) is 0 Å². The molecule has 1 atom stereocenters. The lowest BCUT2D eigenvalue weighted by Gasteiger charge is -2.22. The van der Waals surface area contributed by atoms with Gasteiger partial charge in [-0.2, -0.15) is 5.26 Å². The van der Waals surface area contributed by atoms with E-state index in [0.29, 0.717) is 17.9 Å². The van der Waals surface area contributed by atoms with E-state index in [1.54, 1.807) is 50.4 Å². The zero-order valence-corrected chi connectivity index (χ0v) is 14.0. The summed E-state index contributed by atoms with van der Waals surface area (Å²) >= 11 is 0. The lowest BCUT2D eigenvalue weighted by molar-refractivity contribution is -0.137. The van der Waals surface area contributed by atoms with Crippen molar-refractivity contribution in [3.63, 3.8) is 0 Å². The zero-order valence-electron chi connectivity index (χ0n) is 14.0. The van der Waals surface area contributed by atoms with E-state index in [9.17, 15) is 9.59 Å². The van der Waals surface area contributed by atoms with E-state index in [-0.39, 0.29) is 11.5 Å². The molecule has 0 aromatic heterocycles. The number of amides is 1. The van der Waals surface area contributed by atoms with Crippen LogP contribution in [0, 0.1) is 11.3 Å². The molecule has 6 heteroatoms. The first-order valence-electron chi connectivity index (χ1n) is 7.64. The average Bonchev–Trinajstić information content (AvgIpc) is 2.62. The first kappa shape index (κ1) is 18.0. The largest absolute Gasteiger partial charge is 0.481 e. The predicted octanol–water partition coefficient (Wildman–Crippen LogP) is 2.68. The molecule has 0 aliphatic heterocycles. The number of hydrogen-bond donors (Lipinski definition) is 1. The number of likely N-dealkylation sites (N-methyl/N-ethyl adjacent to an activating group) is 1. The Hall–Kier alpha value is -3.33. The van der Waals surface area contributed by atoms with Gasteiger partial charge in [-0.1, -0.05) is 12.1 Å². The van der Waals surface area contributed by atoms with Crippen LogP contribution in [0.3, 0.4) is 0 Å². The molecule has 1 N–H and O–H groups in total. The number of carboxylic acids is 1. The highest BCUT2D eigenvalue weighted by Crippen LogP contribution is 2.15. The first-order chi connectivity index (χ1) is 11.9. The Labute approximate surface area is 145 Å². The Morgan fingerprint density at radius 3 is 2.28 bits per heavy atom. The van der Waals surface area contributed by atoms with Gasteiger partial charge in [-0.3, -0.25) is 4.79 Å². The minimum atomic E-state index is -0.986. The van der Waals surface area contributed by atoms with Gasteiger partial charge in [0, 0.05) is 13.6 Å². The lowest BCUT2D eigenvalue weighted by atomic mass is 10.1. The summed E-state index contributed by atoms with van der Waals surface area (Å²) in [5.74, 6) is -0.675. The number of rotatable bonds is 6. The Morgan fingerprint density at radius 1 is 1.16 bits per heavy atom. The standard InChI is InChI=1S/C19H18N2O4/c1-13(25-17-9-5-14(11-20)6-10-17)18(22)21(2)12-15-3-7-16(8-4-15)19(23)24/h3-10,13H,12H2,1-2H3,(H,23,24)/t13-/m0/s1. The van der Waals surface area contributed by atoms with E-state index in [1.807, 2.05) is 6.07 Å². The molecule has 0 fully saturated rings. The molecule has 2 aromatic rings. The van der Waals surface area contributed by atoms with E-state index in [2.05, 4.69) is 0 Å². The molecule has 0 unspecified atom stereocenters. The van der Waals surface area contributed by atoms with E-state index >= 15 is 0 Å². The highest BCUT2D eigenvalue weighted by molar-refractivity contribution is 5.87. The molecule has 0 aliphatic carbocycles. The molecule has 6 nitrogen and oxygen atoms in total. The topological polar surface area (TPSA) is 90.6 Å². The molecule has 25 heavy (non-hydrogen) atoms. The number of carbonyl (C=O) groups is 2. The molecule has 2 rings (SSSR count). The molecular formula is C19H18N2O4. The van der Waals surface area contributed by atoms with Crippen molar-refractivity contribution in [2.75, 3.05) is 7.05 Å². The normalized spacial score (nSPS) is 11.2. The zero-order chi connectivity index (χ0) is 18.4. The molecule has 0 radical (unpaired) electrons. The van der Waals surface area contributed by atoms with Gasteiger partial charge in [-0.25, -0.2) is 4.79 Å². The Bertz CT molecular complexity index is 792. The third kappa shape index (κ3) is 4.82. The van der Waals surface area contributed by atoms with E-state index in [4.69, 9.17) is 15.1 Å². The van der Waals surface area contributed by atoms with Crippen LogP contribution < -0.4 is 4.74 Å². The molecule has 0 saturated carbocycles. The Kier molecular flexibility index (Phi) is 5.75. The van der Waals surface area contributed by atoms with Crippen LogP contribution in [0.25, 0.3) is 0 Å². The molecule has 0 bridgehead atoms. The van der Waals surface area contributed by atoms with Crippen LogP contribution in [-0.2, 0) is 11.3 Å². The Morgan fingerprint density at radius 2 is 1.76 bits per heavy atom. The lowest BCUT2D eigenvalue weighted by Crippen LogP contribution is -2.37. The number of nitriles is 1. The molecule has 1 amide bonds. The van der Waals surface area contributed by atoms with Crippen molar-refractivity contribution in [1.29, 1.82) is 5.26 Å². The smallest absolute Gasteiger partial charge is 0.335 e. The van der Waals surface area contributed by atoms with Crippen LogP contribution in [0.5, 0.6) is 5.75 Å². The van der Waals surface area contributed by atoms with Crippen LogP contribution >= 0.6 is 0 Å². The summed E-state index contributed by atoms with van der Waals surface area (Å²) in [6.07, 6.45) is -0.684. The van der Waals surface area contributed by atoms with Crippen molar-refractivity contribution in [1.82, 2.24) is 4.90 Å². The van der Waals surface area contributed by atoms with Crippen LogP contribution in [0.2, 0.25) is 0 Å². The van der Waals surface area contributed by atoms with Gasteiger partial charge in [-0.15, -0.1) is 0 Å². The fourth-order valence-electron chi connectivity index (χ4n) is 2.28. The van der Waals surface area contributed by atoms with Gasteiger partial charge in [0.15, 0.2) is 6.10 Å². The van der Waals surface area contributed by atoms with Crippen LogP contribution in [-0.4, -0.2) is 35.0 Å². The summed E-state index contributed by atoms with van der Waals surface area (Å²) in [5, 5.41) is 17.7. The van der Waals surface area contributed by atoms with Gasteiger partial charge in [-0.05, 0) is 48.9 Å². The molecule has 2 aromatic carbocycles. The average molecular weight is 338 g/mol. The molecular weight excluding hydrogens is 320 g/mol. The van der Waals surface area contributed by atoms with Crippen molar-refractivity contribution < 1.29 is 19.4 Å². The van der Waals surface area contributed by atoms with Gasteiger partial charge < -0.3 is 14.7 Å². The monoisotopic (exact) mass is 338 g/mol. The summed E-state index contributed by atoms with van der Waals surface area (Å²) in [7, 11) is 1.66. The van der Waals surface area contributed by atoms with Crippen molar-refractivity contribution >= 4 is 11.9 Å². The molecule has 0 aliphatic rings. The summed E-state index contributed by atoms with van der Waals surface area (Å²) in [6, 6.07) is 14.9. The second-order valence-electron chi connectivity index (χ2n) is 5.59. The van der Waals surface area contributed by atoms with Crippen molar-refractivity contribution in [2.24, 2.45) is 0 Å². The molecule has 0 heterocycles. The van der Waals surface area contributed by atoms with Crippen LogP contribution in [0.15, 0.2) is 48.5 Å². The predicted molar refractivity (Wildman–Crippen MR) is 91.1 cm³/mol. The van der Waals surface area contributed by atoms with Crippen molar-refractivity contribution in [3.05, 3.63) is 65.2 Å². The van der Waals surface area contributed by atoms with Gasteiger partial charge in [0.05, 0.1) is 17.2 Å². The van der Waals surface area contributed by atoms with Crippen molar-refractivity contribution in [2.45, 2.75) is 19.6 Å². The fourth-order valence-corrected chi connectivity index (χ4v) is 2.28. The number of benzene rings is 2. The van der Waals surface area contributed by atoms with Crippen LogP contribution in [0.1, 0.15) is 28.4 Å². The van der Waals surface area contributed by atoms with E-state index < -0.39 is 12.1 Å². The minimum absolute atomic E-state index is 0.202. The number of hydrogen-bond acceptors (Lipinski definition) is 4. The highest BCUT2D eigenvalue weighted by Gasteiger charge is 2.19. The highest BCUT2D eigenvalue weighted by atomic mass is 16.5. The fraction of sp³-hybridized carbons (Fsp3) is 0.211. The van der Waals surface area contributed by atoms with Gasteiger partial charge >= 0.3 is 5.97 Å². The third-order valence-corrected chi connectivity index (χ3v) is 3.64. The maximum Gasteiger partial charge on any atom is 0.335 e. The number of nitrogens with zero attached hydrogens (tertiary/aromatic N) is 2. The molecule has 0 spiro atoms. The number of ether oxygens (including phenoxy) is 1. The second kappa shape index (κ2) is 7.97. The first-order valence-corrected chi connectivity index (χ1v) is 7.64. The number of carbonyl (C=O) groups excluding carboxylic acids is 1. The van der Waals surface area contributed by atoms with Crippen molar-refractivity contribution in [3.8, 4) is 11.8 Å².